The van der Waals surface area contributed by atoms with E-state index in [2.05, 4.69) is 19.9 Å². The molecule has 0 amide bonds. The third-order valence-corrected chi connectivity index (χ3v) is 4.53. The summed E-state index contributed by atoms with van der Waals surface area (Å²) in [5, 5.41) is 9.72. The molecular weight excluding hydrogens is 252 g/mol. The number of thioether (sulfide) groups is 1. The van der Waals surface area contributed by atoms with Crippen molar-refractivity contribution in [3.8, 4) is 0 Å². The first-order valence-electron chi connectivity index (χ1n) is 5.67. The number of fused-ring (bicyclic) bond motifs is 1. The SMILES string of the molecule is O=C(O)CC1(CSc2ncnc3nc[nH]c23)CC1. The molecule has 0 spiro atoms. The second-order valence-electron chi connectivity index (χ2n) is 4.64. The first-order valence-corrected chi connectivity index (χ1v) is 6.66. The predicted molar refractivity (Wildman–Crippen MR) is 66.3 cm³/mol. The van der Waals surface area contributed by atoms with Crippen LogP contribution in [0.3, 0.4) is 0 Å². The summed E-state index contributed by atoms with van der Waals surface area (Å²) < 4.78 is 0. The second-order valence-corrected chi connectivity index (χ2v) is 5.60. The molecule has 2 aromatic heterocycles. The lowest BCUT2D eigenvalue weighted by molar-refractivity contribution is -0.138. The van der Waals surface area contributed by atoms with Crippen molar-refractivity contribution < 1.29 is 9.90 Å². The number of aromatic nitrogens is 4. The van der Waals surface area contributed by atoms with E-state index in [9.17, 15) is 4.79 Å². The number of aliphatic carboxylic acids is 1. The maximum atomic E-state index is 10.8. The molecule has 7 heteroatoms. The highest BCUT2D eigenvalue weighted by Crippen LogP contribution is 2.52. The van der Waals surface area contributed by atoms with Gasteiger partial charge in [-0.25, -0.2) is 15.0 Å². The zero-order chi connectivity index (χ0) is 12.6. The number of carboxylic acids is 1. The summed E-state index contributed by atoms with van der Waals surface area (Å²) >= 11 is 1.58. The minimum atomic E-state index is -0.720. The number of imidazole rings is 1. The Bertz CT molecular complexity index is 593. The molecule has 0 aliphatic heterocycles. The third-order valence-electron chi connectivity index (χ3n) is 3.19. The molecule has 94 valence electrons. The maximum Gasteiger partial charge on any atom is 0.303 e. The van der Waals surface area contributed by atoms with Crippen molar-refractivity contribution >= 4 is 28.9 Å². The highest BCUT2D eigenvalue weighted by atomic mass is 32.2. The summed E-state index contributed by atoms with van der Waals surface area (Å²) in [5.74, 6) is 0.0622. The van der Waals surface area contributed by atoms with Gasteiger partial charge >= 0.3 is 5.97 Å². The van der Waals surface area contributed by atoms with Gasteiger partial charge in [-0.1, -0.05) is 0 Å². The van der Waals surface area contributed by atoms with Gasteiger partial charge in [0.25, 0.3) is 0 Å². The molecule has 18 heavy (non-hydrogen) atoms. The predicted octanol–water partition coefficient (Wildman–Crippen LogP) is 1.70. The third kappa shape index (κ3) is 2.17. The first kappa shape index (κ1) is 11.5. The van der Waals surface area contributed by atoms with E-state index in [1.165, 1.54) is 6.33 Å². The molecule has 0 radical (unpaired) electrons. The van der Waals surface area contributed by atoms with Gasteiger partial charge in [-0.3, -0.25) is 4.79 Å². The normalized spacial score (nSPS) is 16.9. The van der Waals surface area contributed by atoms with E-state index in [1.54, 1.807) is 18.1 Å². The fourth-order valence-corrected chi connectivity index (χ4v) is 3.19. The summed E-state index contributed by atoms with van der Waals surface area (Å²) in [7, 11) is 0. The largest absolute Gasteiger partial charge is 0.481 e. The van der Waals surface area contributed by atoms with Crippen LogP contribution in [0.2, 0.25) is 0 Å². The number of rotatable bonds is 5. The van der Waals surface area contributed by atoms with Gasteiger partial charge in [-0.15, -0.1) is 11.8 Å². The first-order chi connectivity index (χ1) is 8.69. The van der Waals surface area contributed by atoms with Crippen molar-refractivity contribution in [3.05, 3.63) is 12.7 Å². The molecular formula is C11H12N4O2S. The van der Waals surface area contributed by atoms with Gasteiger partial charge in [0.05, 0.1) is 12.7 Å². The van der Waals surface area contributed by atoms with E-state index < -0.39 is 5.97 Å². The van der Waals surface area contributed by atoms with Crippen LogP contribution >= 0.6 is 11.8 Å². The Morgan fingerprint density at radius 1 is 1.44 bits per heavy atom. The van der Waals surface area contributed by atoms with Crippen LogP contribution in [0, 0.1) is 5.41 Å². The van der Waals surface area contributed by atoms with Gasteiger partial charge < -0.3 is 10.1 Å². The standard InChI is InChI=1S/C11H12N4O2S/c16-7(17)3-11(1-2-11)4-18-10-8-9(13-5-12-8)14-6-15-10/h5-6H,1-4H2,(H,16,17)(H,12,13,14,15). The average Bonchev–Trinajstić information content (AvgIpc) is 2.91. The summed E-state index contributed by atoms with van der Waals surface area (Å²) in [6.07, 6.45) is 5.31. The summed E-state index contributed by atoms with van der Waals surface area (Å²) in [6, 6.07) is 0. The van der Waals surface area contributed by atoms with Crippen LogP contribution in [0.25, 0.3) is 11.2 Å². The number of hydrogen-bond acceptors (Lipinski definition) is 5. The molecule has 0 unspecified atom stereocenters. The summed E-state index contributed by atoms with van der Waals surface area (Å²) in [6.45, 7) is 0. The highest BCUT2D eigenvalue weighted by molar-refractivity contribution is 7.99. The smallest absolute Gasteiger partial charge is 0.303 e. The van der Waals surface area contributed by atoms with E-state index in [1.807, 2.05) is 0 Å². The van der Waals surface area contributed by atoms with Crippen LogP contribution in [0.4, 0.5) is 0 Å². The van der Waals surface area contributed by atoms with Crippen molar-refractivity contribution in [2.45, 2.75) is 24.3 Å². The topological polar surface area (TPSA) is 91.8 Å². The molecule has 0 saturated heterocycles. The molecule has 3 rings (SSSR count). The maximum absolute atomic E-state index is 10.8. The van der Waals surface area contributed by atoms with Crippen LogP contribution in [-0.4, -0.2) is 36.8 Å². The fraction of sp³-hybridized carbons (Fsp3) is 0.455. The minimum absolute atomic E-state index is 0.0339. The van der Waals surface area contributed by atoms with Gasteiger partial charge in [-0.05, 0) is 18.3 Å². The van der Waals surface area contributed by atoms with E-state index in [0.29, 0.717) is 5.65 Å². The molecule has 1 fully saturated rings. The number of H-pyrrole nitrogens is 1. The number of nitrogens with zero attached hydrogens (tertiary/aromatic N) is 3. The Hall–Kier alpha value is -1.63. The highest BCUT2D eigenvalue weighted by Gasteiger charge is 2.44. The van der Waals surface area contributed by atoms with Crippen LogP contribution < -0.4 is 0 Å². The van der Waals surface area contributed by atoms with E-state index >= 15 is 0 Å². The van der Waals surface area contributed by atoms with Gasteiger partial charge in [0, 0.05) is 5.75 Å². The number of carbonyl (C=O) groups is 1. The lowest BCUT2D eigenvalue weighted by Crippen LogP contribution is -2.11. The molecule has 1 aliphatic rings. The van der Waals surface area contributed by atoms with E-state index in [0.717, 1.165) is 29.1 Å². The van der Waals surface area contributed by atoms with Crippen LogP contribution in [0.15, 0.2) is 17.7 Å². The van der Waals surface area contributed by atoms with Crippen molar-refractivity contribution in [1.82, 2.24) is 19.9 Å². The van der Waals surface area contributed by atoms with Gasteiger partial charge in [-0.2, -0.15) is 0 Å². The Balaban J connectivity index is 1.74. The lowest BCUT2D eigenvalue weighted by atomic mass is 10.1. The zero-order valence-electron chi connectivity index (χ0n) is 9.59. The molecule has 1 saturated carbocycles. The molecule has 0 bridgehead atoms. The molecule has 1 aliphatic carbocycles. The Kier molecular flexibility index (Phi) is 2.70. The van der Waals surface area contributed by atoms with Gasteiger partial charge in [0.15, 0.2) is 5.65 Å². The van der Waals surface area contributed by atoms with Gasteiger partial charge in [0.1, 0.15) is 16.9 Å². The fourth-order valence-electron chi connectivity index (χ4n) is 1.94. The summed E-state index contributed by atoms with van der Waals surface area (Å²) in [5.41, 5.74) is 1.44. The molecule has 0 aromatic carbocycles. The van der Waals surface area contributed by atoms with Crippen LogP contribution in [-0.2, 0) is 4.79 Å². The van der Waals surface area contributed by atoms with Gasteiger partial charge in [0.2, 0.25) is 0 Å². The van der Waals surface area contributed by atoms with Crippen LogP contribution in [0.1, 0.15) is 19.3 Å². The monoisotopic (exact) mass is 264 g/mol. The van der Waals surface area contributed by atoms with Crippen LogP contribution in [0.5, 0.6) is 0 Å². The number of hydrogen-bond donors (Lipinski definition) is 2. The second kappa shape index (κ2) is 4.24. The Morgan fingerprint density at radius 3 is 3.00 bits per heavy atom. The zero-order valence-corrected chi connectivity index (χ0v) is 10.4. The molecule has 2 heterocycles. The van der Waals surface area contributed by atoms with Crippen molar-refractivity contribution in [2.75, 3.05) is 5.75 Å². The quantitative estimate of drug-likeness (QED) is 0.631. The van der Waals surface area contributed by atoms with Crippen molar-refractivity contribution in [2.24, 2.45) is 5.41 Å². The van der Waals surface area contributed by atoms with Crippen molar-refractivity contribution in [3.63, 3.8) is 0 Å². The average molecular weight is 264 g/mol. The Morgan fingerprint density at radius 2 is 2.28 bits per heavy atom. The number of nitrogens with one attached hydrogen (secondary N) is 1. The number of aromatic amines is 1. The lowest BCUT2D eigenvalue weighted by Gasteiger charge is -2.11. The number of carboxylic acid groups (broad SMARTS) is 1. The molecule has 6 nitrogen and oxygen atoms in total. The Labute approximate surface area is 107 Å². The molecule has 2 aromatic rings. The van der Waals surface area contributed by atoms with E-state index in [-0.39, 0.29) is 11.8 Å². The van der Waals surface area contributed by atoms with Crippen molar-refractivity contribution in [1.29, 1.82) is 0 Å². The molecule has 0 atom stereocenters. The minimum Gasteiger partial charge on any atom is -0.481 e. The van der Waals surface area contributed by atoms with E-state index in [4.69, 9.17) is 5.11 Å². The molecule has 2 N–H and O–H groups in total. The summed E-state index contributed by atoms with van der Waals surface area (Å²) in [4.78, 5) is 26.1.